The second-order valence-corrected chi connectivity index (χ2v) is 7.53. The van der Waals surface area contributed by atoms with Crippen molar-refractivity contribution in [2.45, 2.75) is 65.0 Å². The van der Waals surface area contributed by atoms with E-state index in [1.807, 2.05) is 0 Å². The van der Waals surface area contributed by atoms with Gasteiger partial charge in [-0.15, -0.1) is 0 Å². The second-order valence-electron chi connectivity index (χ2n) is 7.53. The predicted octanol–water partition coefficient (Wildman–Crippen LogP) is 1.74. The van der Waals surface area contributed by atoms with Crippen LogP contribution in [-0.4, -0.2) is 42.5 Å². The molecule has 0 spiro atoms. The summed E-state index contributed by atoms with van der Waals surface area (Å²) < 4.78 is 0. The van der Waals surface area contributed by atoms with Gasteiger partial charge in [-0.05, 0) is 30.6 Å². The van der Waals surface area contributed by atoms with E-state index in [1.54, 1.807) is 0 Å². The van der Waals surface area contributed by atoms with Crippen LogP contribution in [0.5, 0.6) is 0 Å². The van der Waals surface area contributed by atoms with Crippen LogP contribution < -0.4 is 11.1 Å². The average Bonchev–Trinajstić information content (AvgIpc) is 2.36. The molecule has 2 rings (SSSR count). The topological polar surface area (TPSA) is 58.4 Å². The summed E-state index contributed by atoms with van der Waals surface area (Å²) in [6.07, 6.45) is 5.94. The molecule has 1 saturated carbocycles. The summed E-state index contributed by atoms with van der Waals surface area (Å²) >= 11 is 0. The number of carbonyl (C=O) groups is 1. The van der Waals surface area contributed by atoms with Gasteiger partial charge < -0.3 is 11.1 Å². The van der Waals surface area contributed by atoms with E-state index in [0.717, 1.165) is 25.9 Å². The van der Waals surface area contributed by atoms with E-state index in [4.69, 9.17) is 5.73 Å². The molecule has 116 valence electrons. The third-order valence-electron chi connectivity index (χ3n) is 5.22. The summed E-state index contributed by atoms with van der Waals surface area (Å²) in [6, 6.07) is 0.636. The summed E-state index contributed by atoms with van der Waals surface area (Å²) in [6.45, 7) is 9.04. The molecule has 4 nitrogen and oxygen atoms in total. The number of nitrogens with zero attached hydrogens (tertiary/aromatic N) is 1. The summed E-state index contributed by atoms with van der Waals surface area (Å²) in [5, 5.41) is 3.24. The zero-order valence-corrected chi connectivity index (χ0v) is 13.3. The molecule has 0 aromatic heterocycles. The van der Waals surface area contributed by atoms with Gasteiger partial charge in [0, 0.05) is 25.2 Å². The third-order valence-corrected chi connectivity index (χ3v) is 5.22. The van der Waals surface area contributed by atoms with Gasteiger partial charge in [0.05, 0.1) is 6.54 Å². The molecule has 1 saturated heterocycles. The smallest absolute Gasteiger partial charge is 0.234 e. The minimum absolute atomic E-state index is 0.108. The molecule has 3 atom stereocenters. The zero-order valence-electron chi connectivity index (χ0n) is 13.3. The van der Waals surface area contributed by atoms with Gasteiger partial charge in [-0.1, -0.05) is 33.6 Å². The van der Waals surface area contributed by atoms with Crippen molar-refractivity contribution in [3.05, 3.63) is 0 Å². The Kier molecular flexibility index (Phi) is 5.08. The van der Waals surface area contributed by atoms with Crippen molar-refractivity contribution in [3.8, 4) is 0 Å². The summed E-state index contributed by atoms with van der Waals surface area (Å²) in [7, 11) is 0. The molecule has 1 aliphatic heterocycles. The van der Waals surface area contributed by atoms with Gasteiger partial charge in [-0.3, -0.25) is 9.69 Å². The van der Waals surface area contributed by atoms with Crippen molar-refractivity contribution in [2.24, 2.45) is 17.1 Å². The zero-order chi connectivity index (χ0) is 14.8. The Hall–Kier alpha value is -0.610. The molecule has 3 unspecified atom stereocenters. The van der Waals surface area contributed by atoms with Crippen LogP contribution in [0, 0.1) is 11.3 Å². The first-order valence-electron chi connectivity index (χ1n) is 8.16. The first kappa shape index (κ1) is 15.8. The largest absolute Gasteiger partial charge is 0.352 e. The van der Waals surface area contributed by atoms with Crippen molar-refractivity contribution < 1.29 is 4.79 Å². The average molecular weight is 281 g/mol. The number of piperidine rings is 1. The van der Waals surface area contributed by atoms with Crippen molar-refractivity contribution in [1.29, 1.82) is 0 Å². The fraction of sp³-hybridized carbons (Fsp3) is 0.938. The second kappa shape index (κ2) is 6.44. The van der Waals surface area contributed by atoms with Crippen LogP contribution in [0.3, 0.4) is 0 Å². The maximum Gasteiger partial charge on any atom is 0.234 e. The molecule has 0 radical (unpaired) electrons. The Balaban J connectivity index is 1.79. The Bertz CT molecular complexity index is 343. The highest BCUT2D eigenvalue weighted by atomic mass is 16.2. The Labute approximate surface area is 123 Å². The summed E-state index contributed by atoms with van der Waals surface area (Å²) in [5.41, 5.74) is 6.25. The first-order valence-corrected chi connectivity index (χ1v) is 8.16. The lowest BCUT2D eigenvalue weighted by Crippen LogP contribution is -2.55. The van der Waals surface area contributed by atoms with Gasteiger partial charge in [-0.25, -0.2) is 0 Å². The van der Waals surface area contributed by atoms with Crippen LogP contribution in [0.15, 0.2) is 0 Å². The highest BCUT2D eigenvalue weighted by molar-refractivity contribution is 5.78. The first-order chi connectivity index (χ1) is 9.38. The highest BCUT2D eigenvalue weighted by Crippen LogP contribution is 2.27. The van der Waals surface area contributed by atoms with Gasteiger partial charge in [-0.2, -0.15) is 0 Å². The van der Waals surface area contributed by atoms with E-state index in [0.29, 0.717) is 18.5 Å². The number of nitrogens with two attached hydrogens (primary N) is 1. The molecule has 0 bridgehead atoms. The molecule has 2 fully saturated rings. The van der Waals surface area contributed by atoms with Crippen molar-refractivity contribution >= 4 is 5.91 Å². The van der Waals surface area contributed by atoms with Gasteiger partial charge in [0.2, 0.25) is 5.91 Å². The lowest BCUT2D eigenvalue weighted by Gasteiger charge is -2.42. The minimum Gasteiger partial charge on any atom is -0.352 e. The fourth-order valence-electron chi connectivity index (χ4n) is 3.61. The van der Waals surface area contributed by atoms with Gasteiger partial charge in [0.15, 0.2) is 0 Å². The van der Waals surface area contributed by atoms with Crippen molar-refractivity contribution in [2.75, 3.05) is 19.6 Å². The number of hydrogen-bond donors (Lipinski definition) is 2. The molecule has 1 aliphatic carbocycles. The van der Waals surface area contributed by atoms with E-state index in [2.05, 4.69) is 31.0 Å². The molecule has 20 heavy (non-hydrogen) atoms. The number of hydrogen-bond acceptors (Lipinski definition) is 3. The van der Waals surface area contributed by atoms with Crippen LogP contribution in [0.1, 0.15) is 52.9 Å². The minimum atomic E-state index is 0.108. The van der Waals surface area contributed by atoms with Crippen LogP contribution in [0.2, 0.25) is 0 Å². The lowest BCUT2D eigenvalue weighted by atomic mass is 9.80. The Morgan fingerprint density at radius 2 is 2.00 bits per heavy atom. The van der Waals surface area contributed by atoms with Crippen molar-refractivity contribution in [3.63, 3.8) is 0 Å². The van der Waals surface area contributed by atoms with Crippen LogP contribution >= 0.6 is 0 Å². The van der Waals surface area contributed by atoms with Crippen LogP contribution in [-0.2, 0) is 4.79 Å². The molecule has 2 aliphatic rings. The molecule has 0 aromatic carbocycles. The monoisotopic (exact) mass is 281 g/mol. The van der Waals surface area contributed by atoms with E-state index < -0.39 is 0 Å². The molecule has 0 aromatic rings. The highest BCUT2D eigenvalue weighted by Gasteiger charge is 2.34. The van der Waals surface area contributed by atoms with E-state index >= 15 is 0 Å². The summed E-state index contributed by atoms with van der Waals surface area (Å²) in [4.78, 5) is 14.5. The number of amides is 1. The van der Waals surface area contributed by atoms with Gasteiger partial charge in [0.1, 0.15) is 0 Å². The van der Waals surface area contributed by atoms with Gasteiger partial charge >= 0.3 is 0 Å². The number of nitrogens with one attached hydrogen (secondary N) is 1. The van der Waals surface area contributed by atoms with Crippen molar-refractivity contribution in [1.82, 2.24) is 10.2 Å². The maximum absolute atomic E-state index is 12.2. The molecular formula is C16H31N3O. The Morgan fingerprint density at radius 3 is 2.65 bits per heavy atom. The molecule has 3 N–H and O–H groups in total. The SMILES string of the molecule is CC1CCCCC1NC(=O)CN1CCC(N)C(C)(C)C1. The number of rotatable bonds is 3. The van der Waals surface area contributed by atoms with E-state index in [1.165, 1.54) is 19.3 Å². The molecular weight excluding hydrogens is 250 g/mol. The number of likely N-dealkylation sites (tertiary alicyclic amines) is 1. The van der Waals surface area contributed by atoms with E-state index in [-0.39, 0.29) is 17.4 Å². The third kappa shape index (κ3) is 3.95. The number of carbonyl (C=O) groups excluding carboxylic acids is 1. The standard InChI is InChI=1S/C16H31N3O/c1-12-6-4-5-7-13(12)18-15(20)10-19-9-8-14(17)16(2,3)11-19/h12-14H,4-11,17H2,1-3H3,(H,18,20). The van der Waals surface area contributed by atoms with Gasteiger partial charge in [0.25, 0.3) is 0 Å². The molecule has 1 heterocycles. The maximum atomic E-state index is 12.2. The lowest BCUT2D eigenvalue weighted by molar-refractivity contribution is -0.124. The normalized spacial score (nSPS) is 34.7. The molecule has 1 amide bonds. The predicted molar refractivity (Wildman–Crippen MR) is 82.4 cm³/mol. The fourth-order valence-corrected chi connectivity index (χ4v) is 3.61. The summed E-state index contributed by atoms with van der Waals surface area (Å²) in [5.74, 6) is 0.814. The van der Waals surface area contributed by atoms with Crippen LogP contribution in [0.4, 0.5) is 0 Å². The Morgan fingerprint density at radius 1 is 1.30 bits per heavy atom. The van der Waals surface area contributed by atoms with E-state index in [9.17, 15) is 4.79 Å². The quantitative estimate of drug-likeness (QED) is 0.828. The van der Waals surface area contributed by atoms with Crippen LogP contribution in [0.25, 0.3) is 0 Å². The molecule has 4 heteroatoms.